The average Bonchev–Trinajstić information content (AvgIpc) is 2.42. The molecule has 0 atom stereocenters. The first-order chi connectivity index (χ1) is 7.83. The summed E-state index contributed by atoms with van der Waals surface area (Å²) in [6, 6.07) is -0.533. The van der Waals surface area contributed by atoms with E-state index in [-0.39, 0.29) is 12.5 Å². The fourth-order valence-corrected chi connectivity index (χ4v) is 1.38. The fraction of sp³-hybridized carbons (Fsp3) is 0.700. The van der Waals surface area contributed by atoms with Crippen molar-refractivity contribution in [2.75, 3.05) is 19.6 Å². The summed E-state index contributed by atoms with van der Waals surface area (Å²) >= 11 is 0. The third-order valence-corrected chi connectivity index (χ3v) is 2.50. The lowest BCUT2D eigenvalue weighted by Gasteiger charge is -2.26. The molecule has 17 heavy (non-hydrogen) atoms. The molecule has 1 aliphatic rings. The summed E-state index contributed by atoms with van der Waals surface area (Å²) in [6.45, 7) is 3.71. The lowest BCUT2D eigenvalue weighted by molar-refractivity contribution is -0.143. The predicted octanol–water partition coefficient (Wildman–Crippen LogP) is -0.619. The normalized spacial score (nSPS) is 17.1. The van der Waals surface area contributed by atoms with Crippen LogP contribution in [-0.2, 0) is 9.59 Å². The second kappa shape index (κ2) is 5.03. The molecule has 1 saturated heterocycles. The van der Waals surface area contributed by atoms with Crippen molar-refractivity contribution in [3.63, 3.8) is 0 Å². The molecule has 0 aromatic carbocycles. The maximum absolute atomic E-state index is 11.8. The quantitative estimate of drug-likeness (QED) is 0.602. The third kappa shape index (κ3) is 3.61. The zero-order chi connectivity index (χ0) is 13.1. The van der Waals surface area contributed by atoms with Crippen LogP contribution in [0.5, 0.6) is 0 Å². The Hall–Kier alpha value is -1.79. The van der Waals surface area contributed by atoms with Gasteiger partial charge in [-0.1, -0.05) is 0 Å². The Kier molecular flexibility index (Phi) is 3.93. The van der Waals surface area contributed by atoms with E-state index in [4.69, 9.17) is 5.11 Å². The van der Waals surface area contributed by atoms with Gasteiger partial charge in [-0.2, -0.15) is 0 Å². The maximum Gasteiger partial charge on any atom is 0.328 e. The monoisotopic (exact) mass is 243 g/mol. The summed E-state index contributed by atoms with van der Waals surface area (Å²) < 4.78 is 0. The van der Waals surface area contributed by atoms with Crippen molar-refractivity contribution in [2.24, 2.45) is 0 Å². The molecule has 0 aromatic heterocycles. The summed E-state index contributed by atoms with van der Waals surface area (Å²) in [7, 11) is 0. The minimum absolute atomic E-state index is 0.0401. The largest absolute Gasteiger partial charge is 0.480 e. The molecule has 7 nitrogen and oxygen atoms in total. The molecule has 96 valence electrons. The number of hydrogen-bond acceptors (Lipinski definition) is 3. The second-order valence-electron chi connectivity index (χ2n) is 4.49. The van der Waals surface area contributed by atoms with E-state index in [1.807, 2.05) is 0 Å². The number of urea groups is 1. The van der Waals surface area contributed by atoms with E-state index in [9.17, 15) is 14.4 Å². The smallest absolute Gasteiger partial charge is 0.328 e. The van der Waals surface area contributed by atoms with E-state index in [0.29, 0.717) is 19.5 Å². The average molecular weight is 243 g/mol. The molecule has 3 amide bonds. The van der Waals surface area contributed by atoms with Gasteiger partial charge in [-0.05, 0) is 20.3 Å². The molecule has 0 radical (unpaired) electrons. The molecule has 1 rings (SSSR count). The zero-order valence-electron chi connectivity index (χ0n) is 9.95. The Morgan fingerprint density at radius 3 is 2.71 bits per heavy atom. The predicted molar refractivity (Wildman–Crippen MR) is 59.4 cm³/mol. The number of nitrogens with zero attached hydrogens (tertiary/aromatic N) is 1. The van der Waals surface area contributed by atoms with Crippen LogP contribution in [0.1, 0.15) is 20.3 Å². The number of nitrogens with one attached hydrogen (secondary N) is 2. The zero-order valence-corrected chi connectivity index (χ0v) is 9.95. The summed E-state index contributed by atoms with van der Waals surface area (Å²) in [5.74, 6) is -1.35. The highest BCUT2D eigenvalue weighted by molar-refractivity contribution is 5.88. The van der Waals surface area contributed by atoms with E-state index < -0.39 is 17.5 Å². The van der Waals surface area contributed by atoms with Crippen molar-refractivity contribution in [3.05, 3.63) is 0 Å². The van der Waals surface area contributed by atoms with Crippen LogP contribution < -0.4 is 10.6 Å². The molecule has 0 spiro atoms. The van der Waals surface area contributed by atoms with Gasteiger partial charge in [0.25, 0.3) is 0 Å². The minimum Gasteiger partial charge on any atom is -0.480 e. The van der Waals surface area contributed by atoms with E-state index in [1.54, 1.807) is 0 Å². The fourth-order valence-electron chi connectivity index (χ4n) is 1.38. The molecule has 0 bridgehead atoms. The first kappa shape index (κ1) is 13.3. The Morgan fingerprint density at radius 2 is 2.12 bits per heavy atom. The summed E-state index contributed by atoms with van der Waals surface area (Å²) in [4.78, 5) is 35.2. The molecule has 1 heterocycles. The van der Waals surface area contributed by atoms with Crippen LogP contribution in [0.15, 0.2) is 0 Å². The van der Waals surface area contributed by atoms with Gasteiger partial charge in [0.05, 0.1) is 0 Å². The molecular weight excluding hydrogens is 226 g/mol. The molecule has 3 N–H and O–H groups in total. The number of rotatable bonds is 2. The standard InChI is InChI=1S/C10H17N3O4/c1-10(2,8(15)16)12-9(17)13-5-3-4-11-7(14)6-13/h3-6H2,1-2H3,(H,11,14)(H,12,17)(H,15,16). The van der Waals surface area contributed by atoms with Crippen LogP contribution in [0.4, 0.5) is 4.79 Å². The molecule has 0 aliphatic carbocycles. The van der Waals surface area contributed by atoms with Gasteiger partial charge in [0.15, 0.2) is 0 Å². The van der Waals surface area contributed by atoms with Gasteiger partial charge in [-0.3, -0.25) is 4.79 Å². The van der Waals surface area contributed by atoms with Gasteiger partial charge >= 0.3 is 12.0 Å². The number of carbonyl (C=O) groups excluding carboxylic acids is 2. The lowest BCUT2D eigenvalue weighted by Crippen LogP contribution is -2.55. The Morgan fingerprint density at radius 1 is 1.47 bits per heavy atom. The third-order valence-electron chi connectivity index (χ3n) is 2.50. The van der Waals surface area contributed by atoms with Crippen molar-refractivity contribution in [1.29, 1.82) is 0 Å². The molecule has 0 saturated carbocycles. The van der Waals surface area contributed by atoms with Crippen molar-refractivity contribution < 1.29 is 19.5 Å². The van der Waals surface area contributed by atoms with Crippen molar-refractivity contribution in [3.8, 4) is 0 Å². The maximum atomic E-state index is 11.8. The number of carboxylic acids is 1. The highest BCUT2D eigenvalue weighted by Crippen LogP contribution is 2.05. The number of amides is 3. The summed E-state index contributed by atoms with van der Waals surface area (Å²) in [6.07, 6.45) is 0.659. The van der Waals surface area contributed by atoms with Crippen LogP contribution in [0, 0.1) is 0 Å². The van der Waals surface area contributed by atoms with Gasteiger partial charge < -0.3 is 20.6 Å². The highest BCUT2D eigenvalue weighted by atomic mass is 16.4. The Balaban J connectivity index is 2.63. The van der Waals surface area contributed by atoms with Crippen LogP contribution in [-0.4, -0.2) is 53.1 Å². The highest BCUT2D eigenvalue weighted by Gasteiger charge is 2.31. The van der Waals surface area contributed by atoms with E-state index in [2.05, 4.69) is 10.6 Å². The topological polar surface area (TPSA) is 98.7 Å². The SMILES string of the molecule is CC(C)(NC(=O)N1CCCNC(=O)C1)C(=O)O. The van der Waals surface area contributed by atoms with Crippen LogP contribution in [0.2, 0.25) is 0 Å². The first-order valence-corrected chi connectivity index (χ1v) is 5.40. The molecule has 7 heteroatoms. The number of carboxylic acid groups (broad SMARTS) is 1. The number of hydrogen-bond donors (Lipinski definition) is 3. The van der Waals surface area contributed by atoms with Gasteiger partial charge in [0.2, 0.25) is 5.91 Å². The molecule has 1 aliphatic heterocycles. The first-order valence-electron chi connectivity index (χ1n) is 5.40. The molecular formula is C10H17N3O4. The van der Waals surface area contributed by atoms with Crippen molar-refractivity contribution in [2.45, 2.75) is 25.8 Å². The van der Waals surface area contributed by atoms with Crippen molar-refractivity contribution >= 4 is 17.9 Å². The van der Waals surface area contributed by atoms with Crippen LogP contribution in [0.25, 0.3) is 0 Å². The summed E-state index contributed by atoms with van der Waals surface area (Å²) in [5.41, 5.74) is -1.35. The minimum atomic E-state index is -1.35. The van der Waals surface area contributed by atoms with Gasteiger partial charge in [-0.15, -0.1) is 0 Å². The van der Waals surface area contributed by atoms with Crippen LogP contribution in [0.3, 0.4) is 0 Å². The van der Waals surface area contributed by atoms with E-state index >= 15 is 0 Å². The second-order valence-corrected chi connectivity index (χ2v) is 4.49. The van der Waals surface area contributed by atoms with E-state index in [0.717, 1.165) is 0 Å². The van der Waals surface area contributed by atoms with Gasteiger partial charge in [-0.25, -0.2) is 9.59 Å². The van der Waals surface area contributed by atoms with Crippen LogP contribution >= 0.6 is 0 Å². The molecule has 0 unspecified atom stereocenters. The number of aliphatic carboxylic acids is 1. The Bertz CT molecular complexity index is 340. The summed E-state index contributed by atoms with van der Waals surface area (Å²) in [5, 5.41) is 13.9. The van der Waals surface area contributed by atoms with Crippen molar-refractivity contribution in [1.82, 2.24) is 15.5 Å². The lowest BCUT2D eigenvalue weighted by atomic mass is 10.1. The van der Waals surface area contributed by atoms with Gasteiger partial charge in [0.1, 0.15) is 12.1 Å². The van der Waals surface area contributed by atoms with Gasteiger partial charge in [0, 0.05) is 13.1 Å². The number of carbonyl (C=O) groups is 3. The molecule has 0 aromatic rings. The molecule has 1 fully saturated rings. The Labute approximate surface area is 99.2 Å². The van der Waals surface area contributed by atoms with E-state index in [1.165, 1.54) is 18.7 Å².